The Balaban J connectivity index is 3.37. The summed E-state index contributed by atoms with van der Waals surface area (Å²) >= 11 is 0. The van der Waals surface area contributed by atoms with Crippen molar-refractivity contribution in [2.45, 2.75) is 32.3 Å². The van der Waals surface area contributed by atoms with Gasteiger partial charge in [-0.05, 0) is 13.3 Å². The zero-order valence-corrected chi connectivity index (χ0v) is 8.17. The molecule has 70 valence electrons. The molecule has 0 radical (unpaired) electrons. The quantitative estimate of drug-likeness (QED) is 0.279. The molecule has 0 aromatic rings. The molecule has 0 saturated carbocycles. The molecule has 0 aliphatic rings. The van der Waals surface area contributed by atoms with Gasteiger partial charge in [0, 0.05) is 0 Å². The molecule has 0 heterocycles. The maximum atomic E-state index is 10.8. The van der Waals surface area contributed by atoms with Crippen LogP contribution in [0.4, 0.5) is 0 Å². The smallest absolute Gasteiger partial charge is 0.297 e. The highest BCUT2D eigenvalue weighted by atomic mass is 31.1. The first-order valence-electron chi connectivity index (χ1n) is 3.88. The van der Waals surface area contributed by atoms with Gasteiger partial charge < -0.3 is 0 Å². The Morgan fingerprint density at radius 2 is 2.25 bits per heavy atom. The minimum absolute atomic E-state index is 0.244. The lowest BCUT2D eigenvalue weighted by atomic mass is 10.4. The molecule has 1 unspecified atom stereocenters. The predicted octanol–water partition coefficient (Wildman–Crippen LogP) is 1.94. The summed E-state index contributed by atoms with van der Waals surface area (Å²) in [5.41, 5.74) is -0.647. The zero-order chi connectivity index (χ0) is 9.40. The molecule has 5 heteroatoms. The third kappa shape index (κ3) is 5.22. The monoisotopic (exact) mass is 192 g/mol. The average Bonchev–Trinajstić information content (AvgIpc) is 2.10. The Bertz CT molecular complexity index is 148. The van der Waals surface area contributed by atoms with Gasteiger partial charge in [0.1, 0.15) is 5.66 Å². The highest BCUT2D eigenvalue weighted by Crippen LogP contribution is 2.06. The van der Waals surface area contributed by atoms with E-state index in [2.05, 4.69) is 9.78 Å². The highest BCUT2D eigenvalue weighted by Gasteiger charge is 2.14. The number of hydrogen-bond acceptors (Lipinski definition) is 4. The van der Waals surface area contributed by atoms with E-state index in [0.717, 1.165) is 12.8 Å². The van der Waals surface area contributed by atoms with Crippen LogP contribution in [-0.2, 0) is 19.1 Å². The number of carbonyl (C=O) groups is 1. The second-order valence-electron chi connectivity index (χ2n) is 2.36. The van der Waals surface area contributed by atoms with Crippen LogP contribution in [0, 0.1) is 0 Å². The van der Waals surface area contributed by atoms with Crippen LogP contribution >= 0.6 is 8.46 Å². The molecular formula is C7H13O4P. The first kappa shape index (κ1) is 11.5. The van der Waals surface area contributed by atoms with Gasteiger partial charge in [0.15, 0.2) is 8.46 Å². The minimum atomic E-state index is -0.647. The second kappa shape index (κ2) is 7.19. The molecule has 0 aliphatic carbocycles. The Morgan fingerprint density at radius 1 is 1.58 bits per heavy atom. The van der Waals surface area contributed by atoms with Crippen molar-refractivity contribution in [3.05, 3.63) is 0 Å². The topological polar surface area (TPSA) is 52.6 Å². The minimum Gasteiger partial charge on any atom is -0.297 e. The van der Waals surface area contributed by atoms with E-state index in [1.54, 1.807) is 0 Å². The SMILES string of the molecule is CCCCOOC(=O)C(C)P=O. The van der Waals surface area contributed by atoms with Gasteiger partial charge in [-0.3, -0.25) is 9.45 Å². The molecule has 0 fully saturated rings. The van der Waals surface area contributed by atoms with Gasteiger partial charge in [-0.2, -0.15) is 4.89 Å². The average molecular weight is 192 g/mol. The van der Waals surface area contributed by atoms with Crippen molar-refractivity contribution >= 4 is 14.4 Å². The Kier molecular flexibility index (Phi) is 6.91. The van der Waals surface area contributed by atoms with E-state index in [1.807, 2.05) is 6.92 Å². The summed E-state index contributed by atoms with van der Waals surface area (Å²) in [6.45, 7) is 3.90. The molecule has 0 amide bonds. The Morgan fingerprint density at radius 3 is 2.75 bits per heavy atom. The van der Waals surface area contributed by atoms with Crippen LogP contribution in [0.25, 0.3) is 0 Å². The molecular weight excluding hydrogens is 179 g/mol. The van der Waals surface area contributed by atoms with E-state index in [-0.39, 0.29) is 8.46 Å². The summed E-state index contributed by atoms with van der Waals surface area (Å²) in [6, 6.07) is 0. The number of carbonyl (C=O) groups excluding carboxylic acids is 1. The van der Waals surface area contributed by atoms with Crippen molar-refractivity contribution < 1.29 is 19.1 Å². The van der Waals surface area contributed by atoms with Crippen molar-refractivity contribution in [3.63, 3.8) is 0 Å². The lowest BCUT2D eigenvalue weighted by Gasteiger charge is -2.02. The van der Waals surface area contributed by atoms with Gasteiger partial charge in [-0.25, -0.2) is 4.79 Å². The van der Waals surface area contributed by atoms with Crippen molar-refractivity contribution in [1.29, 1.82) is 0 Å². The van der Waals surface area contributed by atoms with Crippen LogP contribution in [0.15, 0.2) is 0 Å². The van der Waals surface area contributed by atoms with E-state index in [0.29, 0.717) is 6.61 Å². The summed E-state index contributed by atoms with van der Waals surface area (Å²) in [6.07, 6.45) is 1.82. The van der Waals surface area contributed by atoms with Crippen LogP contribution in [0.5, 0.6) is 0 Å². The third-order valence-corrected chi connectivity index (χ3v) is 1.75. The normalized spacial score (nSPS) is 12.8. The van der Waals surface area contributed by atoms with E-state index >= 15 is 0 Å². The van der Waals surface area contributed by atoms with Gasteiger partial charge >= 0.3 is 5.97 Å². The molecule has 0 saturated heterocycles. The lowest BCUT2D eigenvalue weighted by molar-refractivity contribution is -0.271. The lowest BCUT2D eigenvalue weighted by Crippen LogP contribution is -2.15. The molecule has 0 aromatic heterocycles. The van der Waals surface area contributed by atoms with Gasteiger partial charge in [0.2, 0.25) is 0 Å². The van der Waals surface area contributed by atoms with E-state index in [9.17, 15) is 9.36 Å². The predicted molar refractivity (Wildman–Crippen MR) is 44.0 cm³/mol. The van der Waals surface area contributed by atoms with Crippen LogP contribution in [-0.4, -0.2) is 18.2 Å². The summed E-state index contributed by atoms with van der Waals surface area (Å²) in [5.74, 6) is -0.595. The first-order chi connectivity index (χ1) is 5.72. The maximum absolute atomic E-state index is 10.8. The van der Waals surface area contributed by atoms with Crippen LogP contribution in [0.3, 0.4) is 0 Å². The molecule has 12 heavy (non-hydrogen) atoms. The van der Waals surface area contributed by atoms with Crippen molar-refractivity contribution in [1.82, 2.24) is 0 Å². The molecule has 0 N–H and O–H groups in total. The molecule has 0 rings (SSSR count). The van der Waals surface area contributed by atoms with Crippen molar-refractivity contribution in [2.24, 2.45) is 0 Å². The van der Waals surface area contributed by atoms with E-state index < -0.39 is 11.6 Å². The maximum Gasteiger partial charge on any atom is 0.356 e. The summed E-state index contributed by atoms with van der Waals surface area (Å²) in [4.78, 5) is 19.7. The molecule has 0 bridgehead atoms. The standard InChI is InChI=1S/C7H13O4P/c1-3-4-5-10-11-7(8)6(2)12-9/h6H,3-5H2,1-2H3. The van der Waals surface area contributed by atoms with Gasteiger partial charge in [-0.1, -0.05) is 13.3 Å². The fourth-order valence-corrected chi connectivity index (χ4v) is 0.545. The first-order valence-corrected chi connectivity index (χ1v) is 4.76. The molecule has 4 nitrogen and oxygen atoms in total. The van der Waals surface area contributed by atoms with Crippen LogP contribution < -0.4 is 0 Å². The molecule has 0 aliphatic heterocycles. The Labute approximate surface area is 73.4 Å². The number of hydrogen-bond donors (Lipinski definition) is 0. The fourth-order valence-electron chi connectivity index (χ4n) is 0.416. The zero-order valence-electron chi connectivity index (χ0n) is 7.28. The molecule has 0 spiro atoms. The van der Waals surface area contributed by atoms with Crippen molar-refractivity contribution in [3.8, 4) is 0 Å². The van der Waals surface area contributed by atoms with Gasteiger partial charge in [-0.15, -0.1) is 0 Å². The van der Waals surface area contributed by atoms with Gasteiger partial charge in [0.05, 0.1) is 6.61 Å². The summed E-state index contributed by atoms with van der Waals surface area (Å²) in [5, 5.41) is 0. The summed E-state index contributed by atoms with van der Waals surface area (Å²) in [7, 11) is -0.244. The van der Waals surface area contributed by atoms with Crippen molar-refractivity contribution in [2.75, 3.05) is 6.61 Å². The summed E-state index contributed by atoms with van der Waals surface area (Å²) < 4.78 is 10.2. The number of rotatable bonds is 6. The van der Waals surface area contributed by atoms with Crippen LogP contribution in [0.2, 0.25) is 0 Å². The fraction of sp³-hybridized carbons (Fsp3) is 0.857. The molecule has 0 aromatic carbocycles. The third-order valence-electron chi connectivity index (χ3n) is 1.22. The van der Waals surface area contributed by atoms with E-state index in [4.69, 9.17) is 0 Å². The molecule has 1 atom stereocenters. The second-order valence-corrected chi connectivity index (χ2v) is 3.34. The van der Waals surface area contributed by atoms with Gasteiger partial charge in [0.25, 0.3) is 0 Å². The largest absolute Gasteiger partial charge is 0.356 e. The highest BCUT2D eigenvalue weighted by molar-refractivity contribution is 7.26. The number of unbranched alkanes of at least 4 members (excludes halogenated alkanes) is 1. The Hall–Kier alpha value is -0.470. The van der Waals surface area contributed by atoms with Crippen LogP contribution in [0.1, 0.15) is 26.7 Å². The van der Waals surface area contributed by atoms with E-state index in [1.165, 1.54) is 6.92 Å².